The molecule has 3 aromatic carbocycles. The molecule has 5 rings (SSSR count). The fourth-order valence-corrected chi connectivity index (χ4v) is 5.80. The van der Waals surface area contributed by atoms with Crippen LogP contribution in [0.1, 0.15) is 12.8 Å². The summed E-state index contributed by atoms with van der Waals surface area (Å²) in [5.74, 6) is -2.50. The number of carboxylic acid groups (broad SMARTS) is 1. The molecule has 0 saturated heterocycles. The summed E-state index contributed by atoms with van der Waals surface area (Å²) in [6.07, 6.45) is 4.43. The Kier molecular flexibility index (Phi) is 7.86. The number of rotatable bonds is 8. The van der Waals surface area contributed by atoms with Crippen LogP contribution in [0.25, 0.3) is 22.0 Å². The van der Waals surface area contributed by atoms with Gasteiger partial charge in [-0.3, -0.25) is 14.4 Å². The molecule has 3 N–H and O–H groups in total. The van der Waals surface area contributed by atoms with Gasteiger partial charge in [-0.1, -0.05) is 48.6 Å². The summed E-state index contributed by atoms with van der Waals surface area (Å²) in [5, 5.41) is 19.9. The first-order valence-corrected chi connectivity index (χ1v) is 14.0. The summed E-state index contributed by atoms with van der Waals surface area (Å²) in [5.41, 5.74) is 2.41. The summed E-state index contributed by atoms with van der Waals surface area (Å²) in [6.45, 7) is 0. The third-order valence-electron chi connectivity index (χ3n) is 6.37. The summed E-state index contributed by atoms with van der Waals surface area (Å²) >= 11 is 2.77. The van der Waals surface area contributed by atoms with Gasteiger partial charge in [-0.2, -0.15) is 0 Å². The number of aliphatic carboxylic acids is 1. The second-order valence-electron chi connectivity index (χ2n) is 8.94. The highest BCUT2D eigenvalue weighted by molar-refractivity contribution is 8.00. The van der Waals surface area contributed by atoms with E-state index < -0.39 is 17.8 Å². The molecule has 2 unspecified atom stereocenters. The molecule has 0 bridgehead atoms. The molecule has 2 amide bonds. The molecule has 1 heterocycles. The Morgan fingerprint density at radius 3 is 2.42 bits per heavy atom. The Morgan fingerprint density at radius 2 is 1.66 bits per heavy atom. The molecule has 1 aromatic heterocycles. The molecule has 0 aliphatic heterocycles. The number of thiazole rings is 1. The number of benzene rings is 3. The van der Waals surface area contributed by atoms with Gasteiger partial charge in [0.1, 0.15) is 0 Å². The normalized spacial score (nSPS) is 16.7. The summed E-state index contributed by atoms with van der Waals surface area (Å²) < 4.78 is 0. The van der Waals surface area contributed by atoms with E-state index in [2.05, 4.69) is 39.9 Å². The minimum atomic E-state index is -0.956. The van der Waals surface area contributed by atoms with E-state index in [0.717, 1.165) is 21.5 Å². The molecule has 4 aromatic rings. The lowest BCUT2D eigenvalue weighted by Gasteiger charge is -2.24. The molecule has 9 heteroatoms. The Balaban J connectivity index is 1.12. The van der Waals surface area contributed by atoms with Crippen molar-refractivity contribution in [1.82, 2.24) is 4.98 Å². The summed E-state index contributed by atoms with van der Waals surface area (Å²) in [6, 6.07) is 21.5. The number of allylic oxidation sites excluding steroid dienone is 2. The lowest BCUT2D eigenvalue weighted by atomic mass is 9.82. The van der Waals surface area contributed by atoms with Gasteiger partial charge in [-0.15, -0.1) is 23.1 Å². The molecule has 7 nitrogen and oxygen atoms in total. The van der Waals surface area contributed by atoms with Gasteiger partial charge in [-0.25, -0.2) is 4.98 Å². The number of carbonyl (C=O) groups is 3. The number of anilines is 2. The number of hydrogen-bond donors (Lipinski definition) is 3. The van der Waals surface area contributed by atoms with E-state index in [0.29, 0.717) is 23.7 Å². The minimum Gasteiger partial charge on any atom is -0.481 e. The molecule has 2 atom stereocenters. The van der Waals surface area contributed by atoms with Crippen LogP contribution in [0.3, 0.4) is 0 Å². The average Bonchev–Trinajstić information content (AvgIpc) is 3.40. The fourth-order valence-electron chi connectivity index (χ4n) is 4.36. The molecule has 1 aliphatic rings. The number of amides is 2. The van der Waals surface area contributed by atoms with Crippen LogP contribution in [-0.2, 0) is 14.4 Å². The fraction of sp³-hybridized carbons (Fsp3) is 0.172. The van der Waals surface area contributed by atoms with Crippen molar-refractivity contribution in [3.63, 3.8) is 0 Å². The zero-order valence-corrected chi connectivity index (χ0v) is 21.9. The number of nitrogens with one attached hydrogen (secondary N) is 2. The first-order valence-electron chi connectivity index (χ1n) is 12.1. The third kappa shape index (κ3) is 6.12. The molecule has 0 radical (unpaired) electrons. The van der Waals surface area contributed by atoms with Gasteiger partial charge in [-0.05, 0) is 53.9 Å². The topological polar surface area (TPSA) is 108 Å². The van der Waals surface area contributed by atoms with Gasteiger partial charge in [0.25, 0.3) is 0 Å². The highest BCUT2D eigenvalue weighted by atomic mass is 32.2. The maximum atomic E-state index is 12.6. The average molecular weight is 544 g/mol. The van der Waals surface area contributed by atoms with Gasteiger partial charge in [0.15, 0.2) is 5.13 Å². The second kappa shape index (κ2) is 11.6. The van der Waals surface area contributed by atoms with E-state index in [4.69, 9.17) is 0 Å². The van der Waals surface area contributed by atoms with Crippen LogP contribution < -0.4 is 10.6 Å². The van der Waals surface area contributed by atoms with Crippen molar-refractivity contribution in [1.29, 1.82) is 0 Å². The third-order valence-corrected chi connectivity index (χ3v) is 8.14. The zero-order valence-electron chi connectivity index (χ0n) is 20.3. The number of aromatic nitrogens is 1. The van der Waals surface area contributed by atoms with Gasteiger partial charge >= 0.3 is 5.97 Å². The lowest BCUT2D eigenvalue weighted by molar-refractivity contribution is -0.146. The van der Waals surface area contributed by atoms with Crippen LogP contribution in [0.4, 0.5) is 10.8 Å². The first kappa shape index (κ1) is 25.7. The molecular weight excluding hydrogens is 518 g/mol. The number of fused-ring (bicyclic) bond motifs is 1. The molecule has 0 spiro atoms. The van der Waals surface area contributed by atoms with Crippen LogP contribution in [-0.4, -0.2) is 33.6 Å². The largest absolute Gasteiger partial charge is 0.481 e. The SMILES string of the molecule is O=C(CSc1ccc(NC(=O)C2CC=CCC2C(=O)O)cc1)Nc1nc(-c2ccc3ccccc3c2)cs1. The van der Waals surface area contributed by atoms with Crippen molar-refractivity contribution >= 4 is 62.5 Å². The van der Waals surface area contributed by atoms with E-state index in [1.807, 2.05) is 47.9 Å². The van der Waals surface area contributed by atoms with E-state index in [1.165, 1.54) is 28.5 Å². The summed E-state index contributed by atoms with van der Waals surface area (Å²) in [4.78, 5) is 42.0. The smallest absolute Gasteiger partial charge is 0.307 e. The van der Waals surface area contributed by atoms with E-state index in [-0.39, 0.29) is 17.6 Å². The number of carboxylic acids is 1. The molecule has 0 saturated carbocycles. The highest BCUT2D eigenvalue weighted by Gasteiger charge is 2.33. The van der Waals surface area contributed by atoms with Gasteiger partial charge < -0.3 is 15.7 Å². The number of carbonyl (C=O) groups excluding carboxylic acids is 2. The van der Waals surface area contributed by atoms with E-state index in [9.17, 15) is 19.5 Å². The van der Waals surface area contributed by atoms with Crippen molar-refractivity contribution in [2.75, 3.05) is 16.4 Å². The van der Waals surface area contributed by atoms with Gasteiger partial charge in [0.2, 0.25) is 11.8 Å². The quantitative estimate of drug-likeness (QED) is 0.178. The van der Waals surface area contributed by atoms with Crippen LogP contribution in [0.2, 0.25) is 0 Å². The van der Waals surface area contributed by atoms with E-state index in [1.54, 1.807) is 12.1 Å². The van der Waals surface area contributed by atoms with Crippen molar-refractivity contribution in [3.8, 4) is 11.3 Å². The van der Waals surface area contributed by atoms with E-state index >= 15 is 0 Å². The predicted molar refractivity (Wildman–Crippen MR) is 152 cm³/mol. The predicted octanol–water partition coefficient (Wildman–Crippen LogP) is 6.30. The molecule has 192 valence electrons. The highest BCUT2D eigenvalue weighted by Crippen LogP contribution is 2.29. The van der Waals surface area contributed by atoms with Gasteiger partial charge in [0, 0.05) is 21.5 Å². The second-order valence-corrected chi connectivity index (χ2v) is 10.9. The van der Waals surface area contributed by atoms with Crippen molar-refractivity contribution in [2.45, 2.75) is 17.7 Å². The Labute approximate surface area is 228 Å². The minimum absolute atomic E-state index is 0.156. The zero-order chi connectivity index (χ0) is 26.5. The molecule has 1 aliphatic carbocycles. The Morgan fingerprint density at radius 1 is 0.921 bits per heavy atom. The van der Waals surface area contributed by atoms with Crippen molar-refractivity contribution < 1.29 is 19.5 Å². The molecular formula is C29H25N3O4S2. The monoisotopic (exact) mass is 543 g/mol. The van der Waals surface area contributed by atoms with Crippen LogP contribution in [0.15, 0.2) is 89.2 Å². The van der Waals surface area contributed by atoms with Crippen molar-refractivity contribution in [2.24, 2.45) is 11.8 Å². The lowest BCUT2D eigenvalue weighted by Crippen LogP contribution is -2.34. The van der Waals surface area contributed by atoms with Crippen molar-refractivity contribution in [3.05, 3.63) is 84.3 Å². The van der Waals surface area contributed by atoms with Crippen LogP contribution in [0.5, 0.6) is 0 Å². The first-order chi connectivity index (χ1) is 18.5. The number of thioether (sulfide) groups is 1. The number of hydrogen-bond acceptors (Lipinski definition) is 6. The molecule has 38 heavy (non-hydrogen) atoms. The van der Waals surface area contributed by atoms with Gasteiger partial charge in [0.05, 0.1) is 23.3 Å². The molecule has 0 fully saturated rings. The maximum Gasteiger partial charge on any atom is 0.307 e. The maximum absolute atomic E-state index is 12.6. The van der Waals surface area contributed by atoms with Crippen LogP contribution >= 0.6 is 23.1 Å². The standard InChI is InChI=1S/C29H25N3O4S2/c33-26(32-29-31-25(16-38-29)20-10-9-18-5-1-2-6-19(18)15-20)17-37-22-13-11-21(12-14-22)30-27(34)23-7-3-4-8-24(23)28(35)36/h1-6,9-16,23-24H,7-8,17H2,(H,30,34)(H,35,36)(H,31,32,33). The number of nitrogens with zero attached hydrogens (tertiary/aromatic N) is 1. The summed E-state index contributed by atoms with van der Waals surface area (Å²) in [7, 11) is 0. The Bertz CT molecular complexity index is 1510. The Hall–Kier alpha value is -3.95. The van der Waals surface area contributed by atoms with Crippen LogP contribution in [0, 0.1) is 11.8 Å².